The molecular formula is C25H22ClF3N4O. The van der Waals surface area contributed by atoms with Crippen LogP contribution in [0.1, 0.15) is 12.8 Å². The van der Waals surface area contributed by atoms with Crippen molar-refractivity contribution in [2.45, 2.75) is 24.6 Å². The number of imidazole rings is 1. The van der Waals surface area contributed by atoms with Gasteiger partial charge in [-0.1, -0.05) is 35.9 Å². The number of pyridine rings is 1. The summed E-state index contributed by atoms with van der Waals surface area (Å²) in [6.45, 7) is 0.154. The molecule has 0 amide bonds. The Morgan fingerprint density at radius 1 is 0.941 bits per heavy atom. The standard InChI is InChI=1S/C25H22ClF3N4O/c1-32-22-9-5-17(20-8-4-18(15-30-20)16-2-6-19(26)7-3-16)14-21(22)31-23(32)33-12-10-24(34,11-13-33)25(27,28)29/h2-9,14-15,34H,10-13H2,1H3. The van der Waals surface area contributed by atoms with Crippen molar-refractivity contribution in [1.82, 2.24) is 14.5 Å². The third-order valence-electron chi connectivity index (χ3n) is 6.50. The Kier molecular flexibility index (Phi) is 5.53. The van der Waals surface area contributed by atoms with Gasteiger partial charge in [0, 0.05) is 55.3 Å². The van der Waals surface area contributed by atoms with Gasteiger partial charge >= 0.3 is 6.18 Å². The maximum Gasteiger partial charge on any atom is 0.417 e. The van der Waals surface area contributed by atoms with Crippen molar-refractivity contribution in [3.8, 4) is 22.4 Å². The van der Waals surface area contributed by atoms with E-state index in [1.54, 1.807) is 4.90 Å². The molecule has 0 saturated carbocycles. The third kappa shape index (κ3) is 4.01. The topological polar surface area (TPSA) is 54.2 Å². The van der Waals surface area contributed by atoms with Crippen LogP contribution in [0.3, 0.4) is 0 Å². The Bertz CT molecular complexity index is 1330. The molecule has 1 aliphatic rings. The largest absolute Gasteiger partial charge is 0.417 e. The van der Waals surface area contributed by atoms with Gasteiger partial charge in [-0.2, -0.15) is 13.2 Å². The number of alkyl halides is 3. The van der Waals surface area contributed by atoms with Crippen LogP contribution in [0.2, 0.25) is 5.02 Å². The molecule has 0 spiro atoms. The molecule has 3 heterocycles. The molecule has 5 nitrogen and oxygen atoms in total. The van der Waals surface area contributed by atoms with Gasteiger partial charge in [-0.05, 0) is 35.9 Å². The summed E-state index contributed by atoms with van der Waals surface area (Å²) >= 11 is 5.96. The normalized spacial score (nSPS) is 16.2. The van der Waals surface area contributed by atoms with Crippen LogP contribution in [-0.4, -0.2) is 44.5 Å². The molecule has 9 heteroatoms. The van der Waals surface area contributed by atoms with Gasteiger partial charge < -0.3 is 14.6 Å². The first-order valence-electron chi connectivity index (χ1n) is 10.9. The molecule has 1 saturated heterocycles. The third-order valence-corrected chi connectivity index (χ3v) is 6.75. The van der Waals surface area contributed by atoms with E-state index >= 15 is 0 Å². The van der Waals surface area contributed by atoms with Crippen molar-refractivity contribution in [2.24, 2.45) is 7.05 Å². The molecule has 0 unspecified atom stereocenters. The Hall–Kier alpha value is -3.10. The molecule has 0 atom stereocenters. The summed E-state index contributed by atoms with van der Waals surface area (Å²) in [5.74, 6) is 0.586. The number of aromatic nitrogens is 3. The van der Waals surface area contributed by atoms with Crippen LogP contribution < -0.4 is 4.90 Å². The lowest BCUT2D eigenvalue weighted by molar-refractivity contribution is -0.266. The van der Waals surface area contributed by atoms with E-state index in [0.29, 0.717) is 11.0 Å². The van der Waals surface area contributed by atoms with Crippen LogP contribution in [0.25, 0.3) is 33.4 Å². The number of hydrogen-bond acceptors (Lipinski definition) is 4. The molecule has 0 bridgehead atoms. The van der Waals surface area contributed by atoms with E-state index in [-0.39, 0.29) is 25.9 Å². The van der Waals surface area contributed by atoms with Gasteiger partial charge in [0.2, 0.25) is 5.95 Å². The van der Waals surface area contributed by atoms with Crippen molar-refractivity contribution >= 4 is 28.6 Å². The highest BCUT2D eigenvalue weighted by molar-refractivity contribution is 6.30. The molecule has 0 radical (unpaired) electrons. The first-order valence-corrected chi connectivity index (χ1v) is 11.3. The summed E-state index contributed by atoms with van der Waals surface area (Å²) in [6.07, 6.45) is -3.58. The smallest absolute Gasteiger partial charge is 0.380 e. The second kappa shape index (κ2) is 8.29. The minimum absolute atomic E-state index is 0.0771. The number of benzene rings is 2. The molecule has 1 N–H and O–H groups in total. The van der Waals surface area contributed by atoms with E-state index < -0.39 is 11.8 Å². The highest BCUT2D eigenvalue weighted by Crippen LogP contribution is 2.39. The number of nitrogens with zero attached hydrogens (tertiary/aromatic N) is 4. The zero-order valence-corrected chi connectivity index (χ0v) is 19.1. The van der Waals surface area contributed by atoms with Crippen LogP contribution >= 0.6 is 11.6 Å². The van der Waals surface area contributed by atoms with Gasteiger partial charge in [0.15, 0.2) is 5.60 Å². The second-order valence-electron chi connectivity index (χ2n) is 8.63. The molecule has 176 valence electrons. The molecule has 4 aromatic rings. The fourth-order valence-corrected chi connectivity index (χ4v) is 4.49. The zero-order valence-electron chi connectivity index (χ0n) is 18.3. The maximum atomic E-state index is 13.1. The SMILES string of the molecule is Cn1c(N2CCC(O)(C(F)(F)F)CC2)nc2cc(-c3ccc(-c4ccc(Cl)cc4)cn3)ccc21. The van der Waals surface area contributed by atoms with E-state index in [0.717, 1.165) is 33.4 Å². The highest BCUT2D eigenvalue weighted by Gasteiger charge is 2.54. The molecule has 0 aliphatic carbocycles. The Balaban J connectivity index is 1.39. The van der Waals surface area contributed by atoms with Crippen LogP contribution in [0.15, 0.2) is 60.8 Å². The van der Waals surface area contributed by atoms with Gasteiger partial charge in [-0.3, -0.25) is 4.98 Å². The molecular weight excluding hydrogens is 465 g/mol. The van der Waals surface area contributed by atoms with Gasteiger partial charge in [0.25, 0.3) is 0 Å². The Labute approximate surface area is 199 Å². The van der Waals surface area contributed by atoms with Crippen molar-refractivity contribution in [3.05, 3.63) is 65.8 Å². The summed E-state index contributed by atoms with van der Waals surface area (Å²) in [5, 5.41) is 10.6. The quantitative estimate of drug-likeness (QED) is 0.395. The number of rotatable bonds is 3. The molecule has 1 fully saturated rings. The minimum atomic E-state index is -4.63. The average molecular weight is 487 g/mol. The van der Waals surface area contributed by atoms with E-state index in [2.05, 4.69) is 4.98 Å². The van der Waals surface area contributed by atoms with Crippen molar-refractivity contribution in [1.29, 1.82) is 0 Å². The lowest BCUT2D eigenvalue weighted by Gasteiger charge is -2.39. The predicted octanol–water partition coefficient (Wildman–Crippen LogP) is 5.85. The average Bonchev–Trinajstić information content (AvgIpc) is 3.15. The monoisotopic (exact) mass is 486 g/mol. The molecule has 34 heavy (non-hydrogen) atoms. The molecule has 2 aromatic heterocycles. The van der Waals surface area contributed by atoms with Crippen molar-refractivity contribution in [2.75, 3.05) is 18.0 Å². The number of aliphatic hydroxyl groups is 1. The fourth-order valence-electron chi connectivity index (χ4n) is 4.37. The number of piperidine rings is 1. The lowest BCUT2D eigenvalue weighted by Crippen LogP contribution is -2.53. The minimum Gasteiger partial charge on any atom is -0.380 e. The summed E-state index contributed by atoms with van der Waals surface area (Å²) in [4.78, 5) is 11.1. The number of fused-ring (bicyclic) bond motifs is 1. The summed E-state index contributed by atoms with van der Waals surface area (Å²) in [6, 6.07) is 17.3. The lowest BCUT2D eigenvalue weighted by atomic mass is 9.91. The van der Waals surface area contributed by atoms with E-state index in [9.17, 15) is 18.3 Å². The van der Waals surface area contributed by atoms with Crippen LogP contribution in [0.5, 0.6) is 0 Å². The van der Waals surface area contributed by atoms with Gasteiger partial charge in [-0.25, -0.2) is 4.98 Å². The van der Waals surface area contributed by atoms with Crippen molar-refractivity contribution < 1.29 is 18.3 Å². The van der Waals surface area contributed by atoms with E-state index in [1.165, 1.54) is 0 Å². The number of hydrogen-bond donors (Lipinski definition) is 1. The zero-order chi connectivity index (χ0) is 24.1. The first-order chi connectivity index (χ1) is 16.1. The summed E-state index contributed by atoms with van der Waals surface area (Å²) in [7, 11) is 1.84. The van der Waals surface area contributed by atoms with Gasteiger partial charge in [-0.15, -0.1) is 0 Å². The molecule has 5 rings (SSSR count). The Morgan fingerprint density at radius 3 is 2.21 bits per heavy atom. The number of halogens is 4. The molecule has 1 aliphatic heterocycles. The van der Waals surface area contributed by atoms with Crippen LogP contribution in [0.4, 0.5) is 19.1 Å². The second-order valence-corrected chi connectivity index (χ2v) is 9.07. The highest BCUT2D eigenvalue weighted by atomic mass is 35.5. The number of anilines is 1. The number of aryl methyl sites for hydroxylation is 1. The summed E-state index contributed by atoms with van der Waals surface area (Å²) < 4.78 is 41.3. The van der Waals surface area contributed by atoms with Crippen LogP contribution in [0, 0.1) is 0 Å². The van der Waals surface area contributed by atoms with E-state index in [1.807, 2.05) is 72.4 Å². The van der Waals surface area contributed by atoms with E-state index in [4.69, 9.17) is 16.6 Å². The van der Waals surface area contributed by atoms with Crippen LogP contribution in [-0.2, 0) is 7.05 Å². The van der Waals surface area contributed by atoms with Gasteiger partial charge in [0.05, 0.1) is 16.7 Å². The maximum absolute atomic E-state index is 13.1. The molecule has 2 aromatic carbocycles. The van der Waals surface area contributed by atoms with Gasteiger partial charge in [0.1, 0.15) is 0 Å². The fraction of sp³-hybridized carbons (Fsp3) is 0.280. The summed E-state index contributed by atoms with van der Waals surface area (Å²) in [5.41, 5.74) is 2.65. The predicted molar refractivity (Wildman–Crippen MR) is 127 cm³/mol. The first kappa shape index (κ1) is 22.7. The Morgan fingerprint density at radius 2 is 1.59 bits per heavy atom. The van der Waals surface area contributed by atoms with Crippen molar-refractivity contribution in [3.63, 3.8) is 0 Å².